The topological polar surface area (TPSA) is 43.4 Å². The van der Waals surface area contributed by atoms with Gasteiger partial charge < -0.3 is 0 Å². The minimum absolute atomic E-state index is 0.225. The quantitative estimate of drug-likeness (QED) is 0.770. The Morgan fingerprint density at radius 1 is 1.00 bits per heavy atom. The van der Waals surface area contributed by atoms with Gasteiger partial charge in [0.2, 0.25) is 0 Å². The minimum atomic E-state index is -3.62. The van der Waals surface area contributed by atoms with E-state index in [2.05, 4.69) is 0 Å². The van der Waals surface area contributed by atoms with E-state index < -0.39 is 18.3 Å². The molecule has 0 N–H and O–H groups in total. The maximum Gasteiger partial charge on any atom is 0.299 e. The van der Waals surface area contributed by atoms with E-state index in [-0.39, 0.29) is 16.2 Å². The molecule has 1 aromatic carbocycles. The molecule has 0 aromatic heterocycles. The van der Waals surface area contributed by atoms with Gasteiger partial charge in [-0.2, -0.15) is 8.42 Å². The van der Waals surface area contributed by atoms with Crippen LogP contribution in [0.3, 0.4) is 0 Å². The SMILES string of the molecule is CC(C)P(OS(=O)(=O)c1ccccc1)C(C)C. The minimum Gasteiger partial charge on any atom is -0.243 e. The summed E-state index contributed by atoms with van der Waals surface area (Å²) in [4.78, 5) is 0.230. The summed E-state index contributed by atoms with van der Waals surface area (Å²) in [5.74, 6) is 0. The molecule has 0 saturated heterocycles. The molecule has 3 nitrogen and oxygen atoms in total. The molecule has 0 spiro atoms. The fourth-order valence-corrected chi connectivity index (χ4v) is 5.82. The first-order valence-corrected chi connectivity index (χ1v) is 8.43. The Kier molecular flexibility index (Phi) is 5.11. The van der Waals surface area contributed by atoms with Crippen LogP contribution in [0.2, 0.25) is 0 Å². The number of hydrogen-bond acceptors (Lipinski definition) is 3. The van der Waals surface area contributed by atoms with Crippen LogP contribution < -0.4 is 0 Å². The lowest BCUT2D eigenvalue weighted by Gasteiger charge is -2.24. The second-order valence-electron chi connectivity index (χ2n) is 4.39. The van der Waals surface area contributed by atoms with Crippen molar-refractivity contribution in [3.8, 4) is 0 Å². The molecule has 5 heteroatoms. The molecule has 1 aromatic rings. The lowest BCUT2D eigenvalue weighted by atomic mass is 10.4. The summed E-state index contributed by atoms with van der Waals surface area (Å²) in [5, 5.41) is 0. The van der Waals surface area contributed by atoms with E-state index in [9.17, 15) is 8.42 Å². The van der Waals surface area contributed by atoms with E-state index in [1.807, 2.05) is 27.7 Å². The van der Waals surface area contributed by atoms with Gasteiger partial charge >= 0.3 is 0 Å². The smallest absolute Gasteiger partial charge is 0.243 e. The van der Waals surface area contributed by atoms with Gasteiger partial charge in [0.15, 0.2) is 0 Å². The predicted octanol–water partition coefficient (Wildman–Crippen LogP) is 3.61. The summed E-state index contributed by atoms with van der Waals surface area (Å²) in [7, 11) is -4.60. The third-order valence-electron chi connectivity index (χ3n) is 2.23. The first-order valence-electron chi connectivity index (χ1n) is 5.62. The van der Waals surface area contributed by atoms with Gasteiger partial charge in [-0.3, -0.25) is 0 Å². The lowest BCUT2D eigenvalue weighted by Crippen LogP contribution is -2.12. The highest BCUT2D eigenvalue weighted by molar-refractivity contribution is 7.91. The van der Waals surface area contributed by atoms with Gasteiger partial charge in [0, 0.05) is 0 Å². The zero-order chi connectivity index (χ0) is 13.1. The van der Waals surface area contributed by atoms with Crippen molar-refractivity contribution in [2.24, 2.45) is 0 Å². The summed E-state index contributed by atoms with van der Waals surface area (Å²) >= 11 is 0. The Labute approximate surface area is 105 Å². The van der Waals surface area contributed by atoms with Gasteiger partial charge in [0.1, 0.15) is 0 Å². The first-order chi connectivity index (χ1) is 7.84. The Hall–Kier alpha value is -0.440. The van der Waals surface area contributed by atoms with Crippen molar-refractivity contribution in [3.05, 3.63) is 30.3 Å². The fraction of sp³-hybridized carbons (Fsp3) is 0.500. The van der Waals surface area contributed by atoms with Crippen molar-refractivity contribution in [1.82, 2.24) is 0 Å². The zero-order valence-electron chi connectivity index (χ0n) is 10.6. The van der Waals surface area contributed by atoms with E-state index in [1.54, 1.807) is 30.3 Å². The van der Waals surface area contributed by atoms with Gasteiger partial charge in [-0.05, 0) is 23.5 Å². The third-order valence-corrected chi connectivity index (χ3v) is 6.59. The molecule has 0 atom stereocenters. The van der Waals surface area contributed by atoms with Gasteiger partial charge in [-0.15, -0.1) is 0 Å². The molecule has 0 aliphatic heterocycles. The van der Waals surface area contributed by atoms with E-state index in [0.717, 1.165) is 0 Å². The molecule has 0 aliphatic carbocycles. The summed E-state index contributed by atoms with van der Waals surface area (Å²) in [5.41, 5.74) is 0.451. The molecule has 0 saturated carbocycles. The van der Waals surface area contributed by atoms with Crippen molar-refractivity contribution in [2.45, 2.75) is 43.9 Å². The van der Waals surface area contributed by atoms with Gasteiger partial charge in [0.05, 0.1) is 13.0 Å². The van der Waals surface area contributed by atoms with E-state index in [0.29, 0.717) is 0 Å². The second kappa shape index (κ2) is 5.94. The molecule has 0 fully saturated rings. The Balaban J connectivity index is 2.94. The average Bonchev–Trinajstić information content (AvgIpc) is 2.26. The van der Waals surface area contributed by atoms with Crippen LogP contribution in [0.5, 0.6) is 0 Å². The van der Waals surface area contributed by atoms with Crippen LogP contribution >= 0.6 is 8.15 Å². The summed E-state index contributed by atoms with van der Waals surface area (Å²) in [6.07, 6.45) is 0. The predicted molar refractivity (Wildman–Crippen MR) is 71.9 cm³/mol. The van der Waals surface area contributed by atoms with Crippen molar-refractivity contribution in [3.63, 3.8) is 0 Å². The van der Waals surface area contributed by atoms with Crippen LogP contribution in [0.25, 0.3) is 0 Å². The molecule has 96 valence electrons. The second-order valence-corrected chi connectivity index (χ2v) is 9.15. The van der Waals surface area contributed by atoms with Crippen molar-refractivity contribution in [2.75, 3.05) is 0 Å². The highest BCUT2D eigenvalue weighted by Gasteiger charge is 2.26. The monoisotopic (exact) mass is 274 g/mol. The van der Waals surface area contributed by atoms with Crippen molar-refractivity contribution in [1.29, 1.82) is 0 Å². The molecular weight excluding hydrogens is 255 g/mol. The third kappa shape index (κ3) is 4.06. The number of rotatable bonds is 5. The lowest BCUT2D eigenvalue weighted by molar-refractivity contribution is 0.502. The van der Waals surface area contributed by atoms with Crippen LogP contribution in [0, 0.1) is 0 Å². The first kappa shape index (κ1) is 14.6. The Morgan fingerprint density at radius 2 is 1.47 bits per heavy atom. The van der Waals surface area contributed by atoms with Gasteiger partial charge in [-0.25, -0.2) is 3.97 Å². The van der Waals surface area contributed by atoms with Crippen molar-refractivity contribution < 1.29 is 12.4 Å². The fourth-order valence-electron chi connectivity index (χ4n) is 1.51. The summed E-state index contributed by atoms with van der Waals surface area (Å²) in [6.45, 7) is 7.97. The highest BCUT2D eigenvalue weighted by atomic mass is 32.2. The summed E-state index contributed by atoms with van der Waals surface area (Å²) in [6, 6.07) is 8.30. The van der Waals surface area contributed by atoms with Crippen molar-refractivity contribution >= 4 is 18.3 Å². The Morgan fingerprint density at radius 3 is 1.88 bits per heavy atom. The molecule has 1 rings (SSSR count). The molecule has 17 heavy (non-hydrogen) atoms. The van der Waals surface area contributed by atoms with Crippen LogP contribution in [0.4, 0.5) is 0 Å². The maximum absolute atomic E-state index is 12.0. The molecular formula is C12H19O3PS. The molecule has 0 amide bonds. The molecule has 0 radical (unpaired) electrons. The average molecular weight is 274 g/mol. The normalized spacial score (nSPS) is 12.6. The van der Waals surface area contributed by atoms with Gasteiger partial charge in [-0.1, -0.05) is 45.9 Å². The highest BCUT2D eigenvalue weighted by Crippen LogP contribution is 2.49. The van der Waals surface area contributed by atoms with Crippen LogP contribution in [0.1, 0.15) is 27.7 Å². The van der Waals surface area contributed by atoms with E-state index in [1.165, 1.54) is 0 Å². The van der Waals surface area contributed by atoms with E-state index in [4.69, 9.17) is 3.97 Å². The largest absolute Gasteiger partial charge is 0.299 e. The van der Waals surface area contributed by atoms with Crippen LogP contribution in [-0.2, 0) is 14.1 Å². The summed E-state index contributed by atoms with van der Waals surface area (Å²) < 4.78 is 29.5. The molecule has 0 aliphatic rings. The molecule has 0 bridgehead atoms. The maximum atomic E-state index is 12.0. The molecule has 0 heterocycles. The van der Waals surface area contributed by atoms with Crippen LogP contribution in [0.15, 0.2) is 35.2 Å². The van der Waals surface area contributed by atoms with Crippen LogP contribution in [-0.4, -0.2) is 19.7 Å². The number of hydrogen-bond donors (Lipinski definition) is 0. The Bertz CT molecular complexity index is 432. The zero-order valence-corrected chi connectivity index (χ0v) is 12.3. The number of benzene rings is 1. The van der Waals surface area contributed by atoms with E-state index >= 15 is 0 Å². The standard InChI is InChI=1S/C12H19O3PS/c1-10(2)16(11(3)4)15-17(13,14)12-8-6-5-7-9-12/h5-11H,1-4H3. The van der Waals surface area contributed by atoms with Gasteiger partial charge in [0.25, 0.3) is 10.1 Å². The molecule has 0 unspecified atom stereocenters.